The summed E-state index contributed by atoms with van der Waals surface area (Å²) < 4.78 is 1.96. The number of hydrogen-bond donors (Lipinski definition) is 0. The molecule has 0 N–H and O–H groups in total. The molecule has 1 aromatic heterocycles. The van der Waals surface area contributed by atoms with Gasteiger partial charge in [-0.05, 0) is 12.5 Å². The van der Waals surface area contributed by atoms with Crippen molar-refractivity contribution in [3.05, 3.63) is 18.5 Å². The average Bonchev–Trinajstić information content (AvgIpc) is 2.74. The Hall–Kier alpha value is -0.770. The topological polar surface area (TPSA) is 30.2 Å². The molecule has 1 aromatic rings. The molecule has 0 aromatic carbocycles. The van der Waals surface area contributed by atoms with Crippen LogP contribution in [0.25, 0.3) is 0 Å². The fourth-order valence-corrected chi connectivity index (χ4v) is 2.02. The van der Waals surface area contributed by atoms with E-state index in [1.54, 1.807) is 11.8 Å². The molecule has 0 radical (unpaired) electrons. The van der Waals surface area contributed by atoms with Gasteiger partial charge in [0.05, 0.1) is 11.6 Å². The Labute approximate surface area is 75.9 Å². The van der Waals surface area contributed by atoms with Crippen LogP contribution >= 0.6 is 11.8 Å². The first-order chi connectivity index (χ1) is 5.95. The molecule has 0 aliphatic carbocycles. The summed E-state index contributed by atoms with van der Waals surface area (Å²) in [5.41, 5.74) is 1.95. The monoisotopic (exact) mass is 181 g/mol. The van der Waals surface area contributed by atoms with E-state index in [1.165, 1.54) is 0 Å². The van der Waals surface area contributed by atoms with Crippen LogP contribution in [0.1, 0.15) is 6.42 Å². The lowest BCUT2D eigenvalue weighted by atomic mass is 10.2. The fraction of sp³-hybridized carbons (Fsp3) is 0.500. The molecule has 0 unspecified atom stereocenters. The summed E-state index contributed by atoms with van der Waals surface area (Å²) in [6.07, 6.45) is 4.91. The van der Waals surface area contributed by atoms with Crippen LogP contribution in [0, 0.1) is 0 Å². The van der Waals surface area contributed by atoms with Crippen molar-refractivity contribution >= 4 is 17.3 Å². The van der Waals surface area contributed by atoms with Gasteiger partial charge in [0.25, 0.3) is 0 Å². The summed E-state index contributed by atoms with van der Waals surface area (Å²) in [7, 11) is 0. The van der Waals surface area contributed by atoms with Gasteiger partial charge in [-0.2, -0.15) is 5.10 Å². The molecule has 0 saturated heterocycles. The zero-order valence-electron chi connectivity index (χ0n) is 6.76. The summed E-state index contributed by atoms with van der Waals surface area (Å²) >= 11 is 1.80. The van der Waals surface area contributed by atoms with Gasteiger partial charge in [0.1, 0.15) is 0 Å². The maximum atomic E-state index is 4.33. The zero-order valence-corrected chi connectivity index (χ0v) is 7.57. The fourth-order valence-electron chi connectivity index (χ4n) is 1.20. The zero-order chi connectivity index (χ0) is 8.23. The Morgan fingerprint density at radius 1 is 1.58 bits per heavy atom. The Morgan fingerprint density at radius 2 is 2.58 bits per heavy atom. The Morgan fingerprint density at radius 3 is 3.25 bits per heavy atom. The van der Waals surface area contributed by atoms with Crippen molar-refractivity contribution in [1.29, 1.82) is 0 Å². The van der Waals surface area contributed by atoms with Gasteiger partial charge in [0.2, 0.25) is 0 Å². The summed E-state index contributed by atoms with van der Waals surface area (Å²) in [6.45, 7) is 0.982. The van der Waals surface area contributed by atoms with Crippen molar-refractivity contribution < 1.29 is 0 Å². The second kappa shape index (κ2) is 3.76. The van der Waals surface area contributed by atoms with Crippen molar-refractivity contribution in [3.63, 3.8) is 0 Å². The molecule has 64 valence electrons. The van der Waals surface area contributed by atoms with E-state index in [0.717, 1.165) is 18.7 Å². The number of rotatable bonds is 3. The lowest BCUT2D eigenvalue weighted by Gasteiger charge is -2.05. The molecule has 0 fully saturated rings. The van der Waals surface area contributed by atoms with Crippen LogP contribution < -0.4 is 0 Å². The molecule has 2 rings (SSSR count). The number of aliphatic imine (C=N–C) groups is 1. The van der Waals surface area contributed by atoms with Crippen LogP contribution in [0.4, 0.5) is 0 Å². The van der Waals surface area contributed by atoms with E-state index in [1.807, 2.05) is 28.7 Å². The number of hydrogen-bond acceptors (Lipinski definition) is 3. The van der Waals surface area contributed by atoms with Crippen molar-refractivity contribution in [2.45, 2.75) is 19.0 Å². The summed E-state index contributed by atoms with van der Waals surface area (Å²) in [6, 6.07) is 2.46. The van der Waals surface area contributed by atoms with Gasteiger partial charge in [0.15, 0.2) is 0 Å². The molecule has 1 atom stereocenters. The molecule has 1 aliphatic rings. The standard InChI is InChI=1S/C8H11N3S/c1-3-10-11(4-1)5-2-8-6-12-7-9-8/h1,3-4,7-8H,2,5-6H2/t8-/m1/s1. The third-order valence-corrected chi connectivity index (χ3v) is 2.73. The minimum Gasteiger partial charge on any atom is -0.282 e. The first-order valence-corrected chi connectivity index (χ1v) is 5.11. The summed E-state index contributed by atoms with van der Waals surface area (Å²) in [5, 5.41) is 4.14. The van der Waals surface area contributed by atoms with E-state index < -0.39 is 0 Å². The smallest absolute Gasteiger partial charge is 0.0617 e. The highest BCUT2D eigenvalue weighted by Gasteiger charge is 2.10. The molecule has 0 saturated carbocycles. The first kappa shape index (κ1) is 7.86. The van der Waals surface area contributed by atoms with E-state index in [-0.39, 0.29) is 0 Å². The third kappa shape index (κ3) is 1.88. The maximum Gasteiger partial charge on any atom is 0.0617 e. The van der Waals surface area contributed by atoms with Gasteiger partial charge in [0, 0.05) is 24.7 Å². The molecule has 12 heavy (non-hydrogen) atoms. The highest BCUT2D eigenvalue weighted by molar-refractivity contribution is 8.12. The van der Waals surface area contributed by atoms with Crippen LogP contribution in [-0.4, -0.2) is 27.1 Å². The SMILES string of the molecule is C1=N[C@H](CCn2cccn2)CS1. The average molecular weight is 181 g/mol. The second-order valence-electron chi connectivity index (χ2n) is 2.80. The Balaban J connectivity index is 1.78. The van der Waals surface area contributed by atoms with Gasteiger partial charge in [-0.1, -0.05) is 0 Å². The normalized spacial score (nSPS) is 21.8. The Bertz CT molecular complexity index is 255. The third-order valence-electron chi connectivity index (χ3n) is 1.89. The van der Waals surface area contributed by atoms with E-state index in [9.17, 15) is 0 Å². The van der Waals surface area contributed by atoms with Crippen molar-refractivity contribution in [1.82, 2.24) is 9.78 Å². The molecular weight excluding hydrogens is 170 g/mol. The molecule has 3 nitrogen and oxygen atoms in total. The number of aryl methyl sites for hydroxylation is 1. The van der Waals surface area contributed by atoms with Crippen molar-refractivity contribution in [2.75, 3.05) is 5.75 Å². The van der Waals surface area contributed by atoms with Gasteiger partial charge >= 0.3 is 0 Å². The second-order valence-corrected chi connectivity index (χ2v) is 3.68. The van der Waals surface area contributed by atoms with Gasteiger partial charge < -0.3 is 0 Å². The quantitative estimate of drug-likeness (QED) is 0.706. The lowest BCUT2D eigenvalue weighted by molar-refractivity contribution is 0.538. The van der Waals surface area contributed by atoms with Crippen molar-refractivity contribution in [2.24, 2.45) is 4.99 Å². The highest BCUT2D eigenvalue weighted by atomic mass is 32.2. The van der Waals surface area contributed by atoms with E-state index in [0.29, 0.717) is 6.04 Å². The molecular formula is C8H11N3S. The molecule has 0 spiro atoms. The molecule has 1 aliphatic heterocycles. The van der Waals surface area contributed by atoms with Gasteiger partial charge in [-0.3, -0.25) is 9.67 Å². The van der Waals surface area contributed by atoms with Gasteiger partial charge in [-0.25, -0.2) is 0 Å². The molecule has 2 heterocycles. The molecule has 0 amide bonds. The summed E-state index contributed by atoms with van der Waals surface area (Å²) in [4.78, 5) is 4.33. The van der Waals surface area contributed by atoms with Crippen LogP contribution in [0.5, 0.6) is 0 Å². The van der Waals surface area contributed by atoms with Crippen LogP contribution in [0.3, 0.4) is 0 Å². The van der Waals surface area contributed by atoms with Crippen LogP contribution in [0.2, 0.25) is 0 Å². The highest BCUT2D eigenvalue weighted by Crippen LogP contribution is 2.14. The summed E-state index contributed by atoms with van der Waals surface area (Å²) in [5.74, 6) is 1.14. The largest absolute Gasteiger partial charge is 0.282 e. The Kier molecular flexibility index (Phi) is 2.46. The van der Waals surface area contributed by atoms with E-state index >= 15 is 0 Å². The van der Waals surface area contributed by atoms with Crippen LogP contribution in [-0.2, 0) is 6.54 Å². The lowest BCUT2D eigenvalue weighted by Crippen LogP contribution is -2.09. The number of thioether (sulfide) groups is 1. The maximum absolute atomic E-state index is 4.33. The predicted molar refractivity (Wildman–Crippen MR) is 51.6 cm³/mol. The number of nitrogens with zero attached hydrogens (tertiary/aromatic N) is 3. The van der Waals surface area contributed by atoms with E-state index in [2.05, 4.69) is 10.1 Å². The number of aromatic nitrogens is 2. The molecule has 4 heteroatoms. The van der Waals surface area contributed by atoms with Gasteiger partial charge in [-0.15, -0.1) is 11.8 Å². The predicted octanol–water partition coefficient (Wildman–Crippen LogP) is 1.42. The minimum atomic E-state index is 0.513. The van der Waals surface area contributed by atoms with Crippen LogP contribution in [0.15, 0.2) is 23.5 Å². The minimum absolute atomic E-state index is 0.513. The molecule has 0 bridgehead atoms. The van der Waals surface area contributed by atoms with E-state index in [4.69, 9.17) is 0 Å². The first-order valence-electron chi connectivity index (χ1n) is 4.06. The van der Waals surface area contributed by atoms with Crippen molar-refractivity contribution in [3.8, 4) is 0 Å².